The first-order valence-corrected chi connectivity index (χ1v) is 18.9. The first-order chi connectivity index (χ1) is 25.5. The first-order valence-electron chi connectivity index (χ1n) is 17.2. The van der Waals surface area contributed by atoms with Crippen molar-refractivity contribution in [1.29, 1.82) is 0 Å². The van der Waals surface area contributed by atoms with E-state index in [1.54, 1.807) is 0 Å². The van der Waals surface area contributed by atoms with E-state index in [0.717, 1.165) is 53.1 Å². The van der Waals surface area contributed by atoms with Crippen LogP contribution in [0.25, 0.3) is 10.9 Å². The maximum absolute atomic E-state index is 13.8. The second-order valence-corrected chi connectivity index (χ2v) is 14.4. The summed E-state index contributed by atoms with van der Waals surface area (Å²) in [5, 5.41) is 8.60. The molecule has 0 fully saturated rings. The minimum Gasteiger partial charge on any atom is -0.483 e. The zero-order chi connectivity index (χ0) is 38.0. The highest BCUT2D eigenvalue weighted by Gasteiger charge is 2.35. The van der Waals surface area contributed by atoms with Gasteiger partial charge in [0, 0.05) is 40.1 Å². The molecule has 0 saturated heterocycles. The molecule has 0 aliphatic rings. The first kappa shape index (κ1) is 39.5. The number of hydrogen-bond donors (Lipinski definition) is 3. The van der Waals surface area contributed by atoms with Crippen molar-refractivity contribution in [2.45, 2.75) is 50.6 Å². The van der Waals surface area contributed by atoms with Crippen LogP contribution in [0.3, 0.4) is 0 Å². The van der Waals surface area contributed by atoms with Gasteiger partial charge in [-0.1, -0.05) is 108 Å². The second kappa shape index (κ2) is 18.3. The van der Waals surface area contributed by atoms with Crippen LogP contribution in [0.1, 0.15) is 57.1 Å². The minimum atomic E-state index is -4.56. The molecule has 0 saturated carbocycles. The molecule has 5 N–H and O–H groups in total. The van der Waals surface area contributed by atoms with Crippen molar-refractivity contribution in [2.75, 3.05) is 6.54 Å². The summed E-state index contributed by atoms with van der Waals surface area (Å²) in [6.07, 6.45) is -1.47. The molecule has 0 bridgehead atoms. The molecule has 0 amide bonds. The predicted molar refractivity (Wildman–Crippen MR) is 207 cm³/mol. The molecule has 6 aromatic rings. The lowest BCUT2D eigenvalue weighted by molar-refractivity contribution is -0.256. The Hall–Kier alpha value is -4.74. The van der Waals surface area contributed by atoms with Crippen LogP contribution in [-0.4, -0.2) is 26.9 Å². The molecule has 11 heteroatoms. The fraction of sp³-hybridized carbons (Fsp3) is 0.214. The third-order valence-corrected chi connectivity index (χ3v) is 10.5. The Morgan fingerprint density at radius 2 is 1.47 bits per heavy atom. The van der Waals surface area contributed by atoms with Crippen molar-refractivity contribution in [2.24, 2.45) is 0 Å². The van der Waals surface area contributed by atoms with Crippen molar-refractivity contribution in [3.05, 3.63) is 171 Å². The van der Waals surface area contributed by atoms with E-state index in [1.807, 2.05) is 48.5 Å². The number of carbonyl (C=O) groups is 1. The van der Waals surface area contributed by atoms with Crippen LogP contribution in [0.15, 0.2) is 121 Å². The van der Waals surface area contributed by atoms with Crippen LogP contribution < -0.4 is 10.5 Å². The van der Waals surface area contributed by atoms with Crippen molar-refractivity contribution >= 4 is 45.6 Å². The molecule has 0 aliphatic carbocycles. The lowest BCUT2D eigenvalue weighted by atomic mass is 9.97. The number of aryl methyl sites for hydroxylation is 3. The molecule has 0 spiro atoms. The smallest absolute Gasteiger partial charge is 0.416 e. The molecule has 6 rings (SSSR count). The van der Waals surface area contributed by atoms with E-state index in [-0.39, 0.29) is 29.5 Å². The van der Waals surface area contributed by atoms with Gasteiger partial charge in [-0.25, -0.2) is 8.93 Å². The van der Waals surface area contributed by atoms with Gasteiger partial charge in [0.05, 0.1) is 28.3 Å². The number of carboxylic acid groups (broad SMARTS) is 1. The van der Waals surface area contributed by atoms with Crippen molar-refractivity contribution in [3.8, 4) is 0 Å². The lowest BCUT2D eigenvalue weighted by Gasteiger charge is -2.25. The van der Waals surface area contributed by atoms with Crippen LogP contribution >= 0.6 is 11.6 Å². The van der Waals surface area contributed by atoms with Crippen molar-refractivity contribution in [1.82, 2.24) is 9.29 Å². The third-order valence-electron chi connectivity index (χ3n) is 9.16. The predicted octanol–water partition coefficient (Wildman–Crippen LogP) is 9.01. The van der Waals surface area contributed by atoms with Gasteiger partial charge < -0.3 is 15.4 Å². The van der Waals surface area contributed by atoms with E-state index in [4.69, 9.17) is 21.5 Å². The SMILES string of the molecule is Cc1ccc(CCCc2c(CCNS(=O)Cc3c([NH3+])cccc3C(F)(F)F)n(C(c3ccccc3)c3ccccc3)c3ccc(Cl)cc23)cc1.O=CO. The van der Waals surface area contributed by atoms with Crippen LogP contribution in [-0.2, 0) is 47.0 Å². The molecule has 53 heavy (non-hydrogen) atoms. The van der Waals surface area contributed by atoms with E-state index >= 15 is 0 Å². The van der Waals surface area contributed by atoms with Gasteiger partial charge in [-0.2, -0.15) is 13.2 Å². The van der Waals surface area contributed by atoms with Crippen LogP contribution in [0.2, 0.25) is 5.02 Å². The molecule has 1 atom stereocenters. The highest BCUT2D eigenvalue weighted by molar-refractivity contribution is 7.82. The van der Waals surface area contributed by atoms with Crippen molar-refractivity contribution < 1.29 is 33.0 Å². The molecule has 0 aliphatic heterocycles. The Balaban J connectivity index is 0.00000175. The van der Waals surface area contributed by atoms with Gasteiger partial charge in [0.15, 0.2) is 0 Å². The van der Waals surface area contributed by atoms with Gasteiger partial charge in [-0.05, 0) is 78.8 Å². The summed E-state index contributed by atoms with van der Waals surface area (Å²) in [7, 11) is -1.77. The Morgan fingerprint density at radius 3 is 2.08 bits per heavy atom. The third kappa shape index (κ3) is 10.0. The molecule has 1 heterocycles. The number of quaternary nitrogens is 1. The summed E-state index contributed by atoms with van der Waals surface area (Å²) in [6.45, 7) is 2.12. The summed E-state index contributed by atoms with van der Waals surface area (Å²) in [5.74, 6) is -0.298. The monoisotopic (exact) mass is 760 g/mol. The molecule has 1 aromatic heterocycles. The van der Waals surface area contributed by atoms with Gasteiger partial charge in [0.1, 0.15) is 5.69 Å². The molecule has 5 aromatic carbocycles. The van der Waals surface area contributed by atoms with E-state index in [1.165, 1.54) is 28.8 Å². The normalized spacial score (nSPS) is 12.1. The number of alkyl halides is 3. The van der Waals surface area contributed by atoms with Gasteiger partial charge in [-0.3, -0.25) is 4.79 Å². The van der Waals surface area contributed by atoms with Gasteiger partial charge in [0.2, 0.25) is 0 Å². The molecule has 6 nitrogen and oxygen atoms in total. The summed E-state index contributed by atoms with van der Waals surface area (Å²) < 4.78 is 60.1. The second-order valence-electron chi connectivity index (χ2n) is 12.7. The Morgan fingerprint density at radius 1 is 0.849 bits per heavy atom. The number of aromatic nitrogens is 1. The Labute approximate surface area is 315 Å². The Kier molecular flexibility index (Phi) is 13.7. The maximum Gasteiger partial charge on any atom is 0.416 e. The molecular weight excluding hydrogens is 719 g/mol. The number of nitrogens with one attached hydrogen (secondary N) is 1. The van der Waals surface area contributed by atoms with Crippen molar-refractivity contribution in [3.63, 3.8) is 0 Å². The number of benzene rings is 5. The number of nitrogens with zero attached hydrogens (tertiary/aromatic N) is 1. The largest absolute Gasteiger partial charge is 0.483 e. The zero-order valence-corrected chi connectivity index (χ0v) is 30.9. The highest BCUT2D eigenvalue weighted by atomic mass is 35.5. The van der Waals surface area contributed by atoms with E-state index in [9.17, 15) is 17.4 Å². The van der Waals surface area contributed by atoms with Crippen LogP contribution in [0.5, 0.6) is 0 Å². The fourth-order valence-corrected chi connectivity index (χ4v) is 7.98. The number of rotatable bonds is 13. The highest BCUT2D eigenvalue weighted by Crippen LogP contribution is 2.38. The van der Waals surface area contributed by atoms with Gasteiger partial charge >= 0.3 is 6.18 Å². The quantitative estimate of drug-likeness (QED) is 0.103. The Bertz CT molecular complexity index is 2100. The standard InChI is InChI=1S/C41H39ClF3N3OS.CH2O2/c1-28-18-20-29(21-19-28)10-8-15-33-34-26-32(42)22-23-38(34)48(40(30-11-4-2-5-12-30)31-13-6-3-7-14-31)39(33)24-25-47-50(49)27-35-36(41(43,44)45)16-9-17-37(35)46;2-1-3/h2-7,9,11-14,16-23,26,40,47H,8,10,15,24-25,27,46H2,1H3;1H,(H,2,3)/p+1. The molecular formula is C42H42ClF3N3O3S+. The topological polar surface area (TPSA) is 99.0 Å². The van der Waals surface area contributed by atoms with E-state index in [2.05, 4.69) is 76.5 Å². The minimum absolute atomic E-state index is 0.0559. The number of fused-ring (bicyclic) bond motifs is 1. The average Bonchev–Trinajstić information content (AvgIpc) is 3.42. The fourth-order valence-electron chi connectivity index (χ4n) is 6.77. The average molecular weight is 761 g/mol. The van der Waals surface area contributed by atoms with E-state index in [0.29, 0.717) is 18.0 Å². The lowest BCUT2D eigenvalue weighted by Crippen LogP contribution is -2.42. The van der Waals surface area contributed by atoms with E-state index < -0.39 is 22.7 Å². The zero-order valence-electron chi connectivity index (χ0n) is 29.3. The molecule has 1 unspecified atom stereocenters. The number of hydrogen-bond acceptors (Lipinski definition) is 2. The molecule has 0 radical (unpaired) electrons. The van der Waals surface area contributed by atoms with Crippen LogP contribution in [0.4, 0.5) is 18.9 Å². The summed E-state index contributed by atoms with van der Waals surface area (Å²) in [4.78, 5) is 8.36. The van der Waals surface area contributed by atoms with Gasteiger partial charge in [-0.15, -0.1) is 0 Å². The van der Waals surface area contributed by atoms with Crippen LogP contribution in [0, 0.1) is 6.92 Å². The number of halogens is 4. The summed E-state index contributed by atoms with van der Waals surface area (Å²) in [6, 6.07) is 39.0. The van der Waals surface area contributed by atoms with Gasteiger partial charge in [0.25, 0.3) is 6.47 Å². The summed E-state index contributed by atoms with van der Waals surface area (Å²) >= 11 is 6.64. The maximum atomic E-state index is 13.8. The molecule has 276 valence electrons. The summed E-state index contributed by atoms with van der Waals surface area (Å²) in [5.41, 5.74) is 11.1.